The van der Waals surface area contributed by atoms with E-state index in [2.05, 4.69) is 54.6 Å². The van der Waals surface area contributed by atoms with Crippen LogP contribution in [0, 0.1) is 0 Å². The number of hydrogen-bond acceptors (Lipinski definition) is 2. The van der Waals surface area contributed by atoms with Crippen LogP contribution in [0.25, 0.3) is 11.1 Å². The van der Waals surface area contributed by atoms with Crippen LogP contribution in [0.4, 0.5) is 0 Å². The Morgan fingerprint density at radius 2 is 1.81 bits per heavy atom. The van der Waals surface area contributed by atoms with Gasteiger partial charge in [-0.05, 0) is 29.2 Å². The van der Waals surface area contributed by atoms with Gasteiger partial charge in [-0.25, -0.2) is 4.99 Å². The molecule has 0 radical (unpaired) electrons. The van der Waals surface area contributed by atoms with E-state index < -0.39 is 0 Å². The third-order valence-electron chi connectivity index (χ3n) is 4.39. The number of benzene rings is 2. The molecule has 0 N–H and O–H groups in total. The van der Waals surface area contributed by atoms with E-state index in [0.717, 1.165) is 17.5 Å². The molecular weight excluding hydrogens is 274 g/mol. The Morgan fingerprint density at radius 3 is 2.81 bits per heavy atom. The summed E-state index contributed by atoms with van der Waals surface area (Å²) in [5.74, 6) is 1.06. The Labute approximate surface area is 127 Å². The van der Waals surface area contributed by atoms with Crippen molar-refractivity contribution in [3.05, 3.63) is 86.9 Å². The molecule has 0 fully saturated rings. The average Bonchev–Trinajstić information content (AvgIpc) is 2.93. The molecule has 0 saturated carbocycles. The molecule has 0 aromatic heterocycles. The lowest BCUT2D eigenvalue weighted by molar-refractivity contribution is 1.23. The smallest absolute Gasteiger partial charge is 0.0716 e. The van der Waals surface area contributed by atoms with Crippen LogP contribution in [0.1, 0.15) is 17.5 Å². The highest BCUT2D eigenvalue weighted by atomic mass is 32.2. The van der Waals surface area contributed by atoms with Gasteiger partial charge in [-0.2, -0.15) is 0 Å². The molecular formula is C19H13NS. The van der Waals surface area contributed by atoms with E-state index in [0.29, 0.717) is 0 Å². The average molecular weight is 287 g/mol. The topological polar surface area (TPSA) is 12.4 Å². The Kier molecular flexibility index (Phi) is 2.33. The number of nitrogens with zero attached hydrogens (tertiary/aromatic N) is 1. The molecule has 0 bridgehead atoms. The largest absolute Gasteiger partial charge is 0.248 e. The molecule has 5 rings (SSSR count). The van der Waals surface area contributed by atoms with Crippen LogP contribution in [-0.4, -0.2) is 0 Å². The molecule has 0 amide bonds. The first-order chi connectivity index (χ1) is 10.4. The van der Waals surface area contributed by atoms with Gasteiger partial charge in [0.2, 0.25) is 0 Å². The molecule has 1 aliphatic carbocycles. The highest BCUT2D eigenvalue weighted by Crippen LogP contribution is 2.48. The van der Waals surface area contributed by atoms with Gasteiger partial charge in [0.25, 0.3) is 0 Å². The van der Waals surface area contributed by atoms with Crippen molar-refractivity contribution in [1.29, 1.82) is 0 Å². The lowest BCUT2D eigenvalue weighted by Crippen LogP contribution is -2.23. The summed E-state index contributed by atoms with van der Waals surface area (Å²) in [4.78, 5) is 6.24. The predicted molar refractivity (Wildman–Crippen MR) is 88.0 cm³/mol. The van der Waals surface area contributed by atoms with Crippen LogP contribution in [0.3, 0.4) is 0 Å². The van der Waals surface area contributed by atoms with Crippen molar-refractivity contribution in [2.45, 2.75) is 12.2 Å². The Hall–Kier alpha value is -2.06. The van der Waals surface area contributed by atoms with Crippen LogP contribution in [0.5, 0.6) is 0 Å². The van der Waals surface area contributed by atoms with Crippen molar-refractivity contribution >= 4 is 22.9 Å². The second-order valence-electron chi connectivity index (χ2n) is 5.55. The standard InChI is InChI=1S/C19H13NS/c1-2-6-13-12(5-1)11-21-19-14(13)9-10-17-18(19)15-7-3-4-8-16(15)20-17/h1-8,10H,9,11H2. The van der Waals surface area contributed by atoms with E-state index >= 15 is 0 Å². The van der Waals surface area contributed by atoms with Crippen LogP contribution in [-0.2, 0) is 5.75 Å². The number of para-hydroxylation sites is 1. The summed E-state index contributed by atoms with van der Waals surface area (Å²) >= 11 is 1.97. The first-order valence-corrected chi connectivity index (χ1v) is 8.23. The SMILES string of the molecule is C1=C2N=c3ccccc3=C2C2=C(C1)c1ccccc1CS2. The second kappa shape index (κ2) is 4.22. The monoisotopic (exact) mass is 287 g/mol. The minimum Gasteiger partial charge on any atom is -0.248 e. The van der Waals surface area contributed by atoms with Crippen LogP contribution < -0.4 is 10.6 Å². The zero-order chi connectivity index (χ0) is 13.8. The summed E-state index contributed by atoms with van der Waals surface area (Å²) in [6.07, 6.45) is 3.28. The Balaban J connectivity index is 1.85. The van der Waals surface area contributed by atoms with Crippen molar-refractivity contribution in [3.8, 4) is 0 Å². The summed E-state index contributed by atoms with van der Waals surface area (Å²) in [6.45, 7) is 0. The third-order valence-corrected chi connectivity index (χ3v) is 5.58. The molecule has 2 aromatic carbocycles. The third kappa shape index (κ3) is 1.57. The number of rotatable bonds is 0. The fourth-order valence-electron chi connectivity index (χ4n) is 3.42. The van der Waals surface area contributed by atoms with Gasteiger partial charge in [0.15, 0.2) is 0 Å². The maximum absolute atomic E-state index is 4.80. The molecule has 0 atom stereocenters. The van der Waals surface area contributed by atoms with Crippen molar-refractivity contribution in [1.82, 2.24) is 0 Å². The van der Waals surface area contributed by atoms with E-state index in [1.54, 1.807) is 0 Å². The number of fused-ring (bicyclic) bond motifs is 5. The van der Waals surface area contributed by atoms with Gasteiger partial charge in [-0.15, -0.1) is 11.8 Å². The van der Waals surface area contributed by atoms with Gasteiger partial charge in [0.1, 0.15) is 0 Å². The fraction of sp³-hybridized carbons (Fsp3) is 0.105. The van der Waals surface area contributed by atoms with Crippen molar-refractivity contribution in [2.75, 3.05) is 0 Å². The minimum absolute atomic E-state index is 0.996. The van der Waals surface area contributed by atoms with E-state index in [1.165, 1.54) is 38.1 Å². The Morgan fingerprint density at radius 1 is 0.952 bits per heavy atom. The van der Waals surface area contributed by atoms with Crippen molar-refractivity contribution < 1.29 is 0 Å². The van der Waals surface area contributed by atoms with E-state index in [4.69, 9.17) is 4.99 Å². The summed E-state index contributed by atoms with van der Waals surface area (Å²) in [6, 6.07) is 17.3. The van der Waals surface area contributed by atoms with E-state index in [-0.39, 0.29) is 0 Å². The zero-order valence-corrected chi connectivity index (χ0v) is 12.3. The molecule has 2 heteroatoms. The molecule has 0 unspecified atom stereocenters. The molecule has 0 spiro atoms. The van der Waals surface area contributed by atoms with Gasteiger partial charge in [0, 0.05) is 21.4 Å². The van der Waals surface area contributed by atoms with Gasteiger partial charge in [0.05, 0.1) is 11.1 Å². The molecule has 100 valence electrons. The maximum Gasteiger partial charge on any atom is 0.0716 e. The first kappa shape index (κ1) is 11.6. The summed E-state index contributed by atoms with van der Waals surface area (Å²) in [5, 5.41) is 2.41. The predicted octanol–water partition coefficient (Wildman–Crippen LogP) is 3.42. The maximum atomic E-state index is 4.80. The molecule has 3 aliphatic rings. The lowest BCUT2D eigenvalue weighted by Gasteiger charge is -2.26. The number of allylic oxidation sites excluding steroid dienone is 3. The first-order valence-electron chi connectivity index (χ1n) is 7.25. The highest BCUT2D eigenvalue weighted by molar-refractivity contribution is 8.03. The van der Waals surface area contributed by atoms with Crippen LogP contribution >= 0.6 is 11.8 Å². The van der Waals surface area contributed by atoms with Crippen LogP contribution in [0.15, 0.2) is 70.2 Å². The van der Waals surface area contributed by atoms with Crippen molar-refractivity contribution in [3.63, 3.8) is 0 Å². The molecule has 1 nitrogen and oxygen atoms in total. The second-order valence-corrected chi connectivity index (χ2v) is 6.54. The quantitative estimate of drug-likeness (QED) is 0.723. The van der Waals surface area contributed by atoms with Gasteiger partial charge in [-0.3, -0.25) is 0 Å². The van der Waals surface area contributed by atoms with Crippen molar-refractivity contribution in [2.24, 2.45) is 4.99 Å². The molecule has 2 aliphatic heterocycles. The van der Waals surface area contributed by atoms with E-state index in [9.17, 15) is 0 Å². The summed E-state index contributed by atoms with van der Waals surface area (Å²) < 4.78 is 0. The molecule has 21 heavy (non-hydrogen) atoms. The lowest BCUT2D eigenvalue weighted by atomic mass is 9.90. The van der Waals surface area contributed by atoms with E-state index in [1.807, 2.05) is 11.8 Å². The van der Waals surface area contributed by atoms with Gasteiger partial charge >= 0.3 is 0 Å². The Bertz CT molecular complexity index is 963. The minimum atomic E-state index is 0.996. The fourth-order valence-corrected chi connectivity index (χ4v) is 4.69. The summed E-state index contributed by atoms with van der Waals surface area (Å²) in [7, 11) is 0. The molecule has 2 aromatic rings. The van der Waals surface area contributed by atoms with Gasteiger partial charge in [-0.1, -0.05) is 48.5 Å². The molecule has 0 saturated heterocycles. The summed E-state index contributed by atoms with van der Waals surface area (Å²) in [5.41, 5.74) is 6.89. The number of hydrogen-bond donors (Lipinski definition) is 0. The zero-order valence-electron chi connectivity index (χ0n) is 11.5. The van der Waals surface area contributed by atoms with Gasteiger partial charge < -0.3 is 0 Å². The molecule has 2 heterocycles. The van der Waals surface area contributed by atoms with Crippen LogP contribution in [0.2, 0.25) is 0 Å². The normalized spacial score (nSPS) is 18.3. The number of thioether (sulfide) groups is 1. The highest BCUT2D eigenvalue weighted by Gasteiger charge is 2.28.